The number of benzene rings is 3. The van der Waals surface area contributed by atoms with Gasteiger partial charge in [0.2, 0.25) is 5.88 Å². The van der Waals surface area contributed by atoms with Gasteiger partial charge in [0.05, 0.1) is 0 Å². The summed E-state index contributed by atoms with van der Waals surface area (Å²) >= 11 is 3.53. The van der Waals surface area contributed by atoms with E-state index in [9.17, 15) is 13.2 Å². The van der Waals surface area contributed by atoms with Crippen LogP contribution in [0.25, 0.3) is 16.4 Å². The third kappa shape index (κ3) is 5.60. The number of ether oxygens (including phenoxy) is 1. The summed E-state index contributed by atoms with van der Waals surface area (Å²) in [5.41, 5.74) is 4.48. The molecular formula is C27H23BrF3N5O. The Labute approximate surface area is 219 Å². The first-order valence-electron chi connectivity index (χ1n) is 11.7. The number of aromatic nitrogens is 4. The van der Waals surface area contributed by atoms with Crippen molar-refractivity contribution < 1.29 is 17.9 Å². The summed E-state index contributed by atoms with van der Waals surface area (Å²) in [6.07, 6.45) is -3.77. The molecule has 0 amide bonds. The minimum Gasteiger partial charge on any atom is -0.471 e. The first kappa shape index (κ1) is 25.2. The topological polar surface area (TPSA) is 64.3 Å². The quantitative estimate of drug-likeness (QED) is 0.223. The Balaban J connectivity index is 1.28. The van der Waals surface area contributed by atoms with Crippen LogP contribution in [-0.4, -0.2) is 26.4 Å². The molecule has 0 saturated heterocycles. The van der Waals surface area contributed by atoms with Crippen molar-refractivity contribution in [3.05, 3.63) is 99.3 Å². The Hall–Kier alpha value is -3.50. The third-order valence-corrected chi connectivity index (χ3v) is 6.88. The molecule has 0 aliphatic carbocycles. The number of fused-ring (bicyclic) bond motifs is 3. The van der Waals surface area contributed by atoms with E-state index < -0.39 is 12.0 Å². The first-order valence-corrected chi connectivity index (χ1v) is 12.5. The first-order chi connectivity index (χ1) is 17.8. The van der Waals surface area contributed by atoms with E-state index in [2.05, 4.69) is 61.7 Å². The molecule has 10 heteroatoms. The molecule has 37 heavy (non-hydrogen) atoms. The average Bonchev–Trinajstić information content (AvgIpc) is 3.32. The Morgan fingerprint density at radius 1 is 0.919 bits per heavy atom. The Morgan fingerprint density at radius 3 is 2.49 bits per heavy atom. The molecule has 190 valence electrons. The van der Waals surface area contributed by atoms with Crippen molar-refractivity contribution in [1.29, 1.82) is 0 Å². The van der Waals surface area contributed by atoms with Gasteiger partial charge in [-0.1, -0.05) is 70.5 Å². The smallest absolute Gasteiger partial charge is 0.453 e. The van der Waals surface area contributed by atoms with Gasteiger partial charge in [0.25, 0.3) is 5.82 Å². The second-order valence-electron chi connectivity index (χ2n) is 8.73. The standard InChI is InChI=1S/C27H23BrF3N5O/c1-17-13-18(9-10-23(17)28)11-12-32-15-19-5-4-6-20(14-19)16-37-25-22-8-3-2-7-21(22)24-33-34-26(27(29,30)31)36(24)35-25/h2-10,13-14,32H,11-12,15-16H2,1H3. The fourth-order valence-corrected chi connectivity index (χ4v) is 4.39. The van der Waals surface area contributed by atoms with E-state index in [1.807, 2.05) is 24.3 Å². The van der Waals surface area contributed by atoms with Crippen LogP contribution in [0.15, 0.2) is 71.2 Å². The van der Waals surface area contributed by atoms with Gasteiger partial charge in [-0.2, -0.15) is 17.7 Å². The monoisotopic (exact) mass is 569 g/mol. The number of alkyl halides is 3. The van der Waals surface area contributed by atoms with Crippen molar-refractivity contribution in [1.82, 2.24) is 25.1 Å². The summed E-state index contributed by atoms with van der Waals surface area (Å²) in [7, 11) is 0. The number of rotatable bonds is 8. The second kappa shape index (κ2) is 10.5. The van der Waals surface area contributed by atoms with Gasteiger partial charge in [-0.3, -0.25) is 0 Å². The second-order valence-corrected chi connectivity index (χ2v) is 9.58. The number of hydrogen-bond donors (Lipinski definition) is 1. The number of nitrogens with one attached hydrogen (secondary N) is 1. The van der Waals surface area contributed by atoms with Crippen LogP contribution in [0.2, 0.25) is 0 Å². The normalized spacial score (nSPS) is 11.9. The maximum atomic E-state index is 13.4. The Kier molecular flexibility index (Phi) is 7.12. The number of nitrogens with zero attached hydrogens (tertiary/aromatic N) is 4. The Bertz CT molecular complexity index is 1570. The summed E-state index contributed by atoms with van der Waals surface area (Å²) in [6, 6.07) is 21.2. The largest absolute Gasteiger partial charge is 0.471 e. The van der Waals surface area contributed by atoms with Crippen LogP contribution in [0.5, 0.6) is 5.88 Å². The van der Waals surface area contributed by atoms with Crippen molar-refractivity contribution in [2.45, 2.75) is 32.7 Å². The lowest BCUT2D eigenvalue weighted by molar-refractivity contribution is -0.146. The van der Waals surface area contributed by atoms with E-state index in [0.717, 1.165) is 28.6 Å². The third-order valence-electron chi connectivity index (χ3n) is 5.99. The fraction of sp³-hybridized carbons (Fsp3) is 0.222. The molecule has 1 N–H and O–H groups in total. The highest BCUT2D eigenvalue weighted by Gasteiger charge is 2.38. The van der Waals surface area contributed by atoms with E-state index in [-0.39, 0.29) is 18.1 Å². The van der Waals surface area contributed by atoms with Gasteiger partial charge < -0.3 is 10.1 Å². The fourth-order valence-electron chi connectivity index (χ4n) is 4.14. The molecule has 0 saturated carbocycles. The lowest BCUT2D eigenvalue weighted by Gasteiger charge is -2.12. The average molecular weight is 570 g/mol. The molecule has 0 aliphatic heterocycles. The van der Waals surface area contributed by atoms with E-state index in [0.29, 0.717) is 21.8 Å². The minimum atomic E-state index is -4.69. The van der Waals surface area contributed by atoms with Crippen LogP contribution in [0.3, 0.4) is 0 Å². The highest BCUT2D eigenvalue weighted by molar-refractivity contribution is 9.10. The molecule has 6 nitrogen and oxygen atoms in total. The van der Waals surface area contributed by atoms with Crippen LogP contribution in [0.4, 0.5) is 13.2 Å². The SMILES string of the molecule is Cc1cc(CCNCc2cccc(COc3nn4c(C(F)(F)F)nnc4c4ccccc34)c2)ccc1Br. The highest BCUT2D eigenvalue weighted by Crippen LogP contribution is 2.32. The lowest BCUT2D eigenvalue weighted by atomic mass is 10.1. The van der Waals surface area contributed by atoms with Gasteiger partial charge in [0.15, 0.2) is 5.65 Å². The molecule has 0 aliphatic rings. The van der Waals surface area contributed by atoms with Crippen molar-refractivity contribution in [2.24, 2.45) is 0 Å². The van der Waals surface area contributed by atoms with Crippen LogP contribution in [0.1, 0.15) is 28.1 Å². The van der Waals surface area contributed by atoms with Gasteiger partial charge >= 0.3 is 6.18 Å². The van der Waals surface area contributed by atoms with Crippen molar-refractivity contribution in [3.63, 3.8) is 0 Å². The van der Waals surface area contributed by atoms with E-state index in [1.54, 1.807) is 24.3 Å². The lowest BCUT2D eigenvalue weighted by Crippen LogP contribution is -2.17. The maximum absolute atomic E-state index is 13.4. The zero-order chi connectivity index (χ0) is 26.0. The van der Waals surface area contributed by atoms with Gasteiger partial charge in [-0.15, -0.1) is 15.3 Å². The van der Waals surface area contributed by atoms with Crippen molar-refractivity contribution >= 4 is 32.3 Å². The van der Waals surface area contributed by atoms with Crippen LogP contribution in [-0.2, 0) is 25.7 Å². The number of halogens is 4. The van der Waals surface area contributed by atoms with Crippen molar-refractivity contribution in [2.75, 3.05) is 6.54 Å². The van der Waals surface area contributed by atoms with E-state index in [1.165, 1.54) is 11.1 Å². The summed E-state index contributed by atoms with van der Waals surface area (Å²) < 4.78 is 48.0. The minimum absolute atomic E-state index is 0.0293. The molecule has 5 rings (SSSR count). The Morgan fingerprint density at radius 2 is 1.70 bits per heavy atom. The van der Waals surface area contributed by atoms with Crippen molar-refractivity contribution in [3.8, 4) is 5.88 Å². The molecule has 3 aromatic carbocycles. The molecule has 0 fully saturated rings. The summed E-state index contributed by atoms with van der Waals surface area (Å²) in [4.78, 5) is 0. The number of aryl methyl sites for hydroxylation is 1. The predicted molar refractivity (Wildman–Crippen MR) is 138 cm³/mol. The zero-order valence-electron chi connectivity index (χ0n) is 19.9. The molecule has 2 aromatic heterocycles. The van der Waals surface area contributed by atoms with Gasteiger partial charge in [0, 0.05) is 21.8 Å². The molecule has 2 heterocycles. The van der Waals surface area contributed by atoms with Gasteiger partial charge in [0.1, 0.15) is 6.61 Å². The molecule has 0 bridgehead atoms. The summed E-state index contributed by atoms with van der Waals surface area (Å²) in [5.74, 6) is -1.11. The maximum Gasteiger partial charge on any atom is 0.453 e. The van der Waals surface area contributed by atoms with Gasteiger partial charge in [-0.25, -0.2) is 0 Å². The molecular weight excluding hydrogens is 547 g/mol. The summed E-state index contributed by atoms with van der Waals surface area (Å²) in [6.45, 7) is 3.74. The predicted octanol–water partition coefficient (Wildman–Crippen LogP) is 6.28. The number of hydrogen-bond acceptors (Lipinski definition) is 5. The van der Waals surface area contributed by atoms with E-state index in [4.69, 9.17) is 4.74 Å². The summed E-state index contributed by atoms with van der Waals surface area (Å²) in [5, 5.41) is 15.6. The molecule has 5 aromatic rings. The van der Waals surface area contributed by atoms with Crippen LogP contribution < -0.4 is 10.1 Å². The molecule has 0 unspecified atom stereocenters. The molecule has 0 atom stereocenters. The molecule has 0 spiro atoms. The van der Waals surface area contributed by atoms with Crippen LogP contribution >= 0.6 is 15.9 Å². The van der Waals surface area contributed by atoms with Crippen LogP contribution in [0, 0.1) is 6.92 Å². The van der Waals surface area contributed by atoms with Gasteiger partial charge in [-0.05, 0) is 54.3 Å². The molecule has 0 radical (unpaired) electrons. The zero-order valence-corrected chi connectivity index (χ0v) is 21.5. The van der Waals surface area contributed by atoms with E-state index >= 15 is 0 Å². The highest BCUT2D eigenvalue weighted by atomic mass is 79.9.